The minimum atomic E-state index is -3.63. The molecule has 0 aliphatic carbocycles. The third-order valence-electron chi connectivity index (χ3n) is 5.26. The fourth-order valence-corrected chi connectivity index (χ4v) is 4.73. The number of anilines is 1. The molecule has 2 aromatic rings. The van der Waals surface area contributed by atoms with Gasteiger partial charge in [-0.05, 0) is 49.2 Å². The van der Waals surface area contributed by atoms with Gasteiger partial charge in [0.1, 0.15) is 11.8 Å². The van der Waals surface area contributed by atoms with Crippen LogP contribution in [0.2, 0.25) is 10.0 Å². The average Bonchev–Trinajstić information content (AvgIpc) is 2.79. The van der Waals surface area contributed by atoms with Gasteiger partial charge in [0.15, 0.2) is 0 Å². The van der Waals surface area contributed by atoms with Gasteiger partial charge < -0.3 is 15.0 Å². The Bertz CT molecular complexity index is 1110. The molecule has 0 saturated carbocycles. The maximum atomic E-state index is 13.1. The van der Waals surface area contributed by atoms with E-state index in [-0.39, 0.29) is 42.8 Å². The second-order valence-corrected chi connectivity index (χ2v) is 10.4. The second kappa shape index (κ2) is 12.3. The number of amides is 2. The molecular weight excluding hydrogens is 501 g/mol. The number of carbonyl (C=O) groups excluding carboxylic acids is 2. The highest BCUT2D eigenvalue weighted by atomic mass is 35.5. The van der Waals surface area contributed by atoms with E-state index in [0.29, 0.717) is 16.5 Å². The molecule has 0 radical (unpaired) electrons. The first-order valence-corrected chi connectivity index (χ1v) is 13.1. The van der Waals surface area contributed by atoms with Crippen molar-refractivity contribution >= 4 is 50.7 Å². The third kappa shape index (κ3) is 7.51. The summed E-state index contributed by atoms with van der Waals surface area (Å²) in [6.45, 7) is 1.93. The Morgan fingerprint density at radius 1 is 1.12 bits per heavy atom. The van der Waals surface area contributed by atoms with Crippen molar-refractivity contribution < 1.29 is 22.7 Å². The first kappa shape index (κ1) is 27.8. The van der Waals surface area contributed by atoms with Crippen molar-refractivity contribution in [3.63, 3.8) is 0 Å². The van der Waals surface area contributed by atoms with Crippen molar-refractivity contribution in [1.82, 2.24) is 10.2 Å². The van der Waals surface area contributed by atoms with Crippen LogP contribution in [0.1, 0.15) is 25.3 Å². The van der Waals surface area contributed by atoms with E-state index >= 15 is 0 Å². The summed E-state index contributed by atoms with van der Waals surface area (Å²) in [5.41, 5.74) is 1.19. The number of nitrogens with one attached hydrogen (secondary N) is 1. The van der Waals surface area contributed by atoms with E-state index in [1.165, 1.54) is 29.4 Å². The lowest BCUT2D eigenvalue weighted by Gasteiger charge is -2.29. The Morgan fingerprint density at radius 3 is 2.29 bits per heavy atom. The van der Waals surface area contributed by atoms with Crippen molar-refractivity contribution in [2.24, 2.45) is 0 Å². The van der Waals surface area contributed by atoms with Crippen LogP contribution in [0.5, 0.6) is 5.75 Å². The number of carbonyl (C=O) groups is 2. The number of likely N-dealkylation sites (N-methyl/N-ethyl adjacent to an activating group) is 1. The molecule has 0 bridgehead atoms. The molecule has 0 fully saturated rings. The highest BCUT2D eigenvalue weighted by Gasteiger charge is 2.26. The van der Waals surface area contributed by atoms with Crippen LogP contribution in [-0.4, -0.2) is 58.1 Å². The molecule has 186 valence electrons. The molecule has 0 heterocycles. The summed E-state index contributed by atoms with van der Waals surface area (Å²) < 4.78 is 31.1. The Kier molecular flexibility index (Phi) is 10.0. The zero-order valence-corrected chi connectivity index (χ0v) is 21.9. The Hall–Kier alpha value is -2.49. The molecule has 1 N–H and O–H groups in total. The van der Waals surface area contributed by atoms with Crippen molar-refractivity contribution in [1.29, 1.82) is 0 Å². The zero-order valence-electron chi connectivity index (χ0n) is 19.5. The molecule has 1 unspecified atom stereocenters. The van der Waals surface area contributed by atoms with Gasteiger partial charge in [0.25, 0.3) is 0 Å². The standard InChI is InChI=1S/C23H29Cl2N3O5S/c1-16(23(30)26-2)27(15-17-7-9-18(24)10-8-17)22(29)6-5-13-28(34(4,31)32)19-11-12-21(33-3)20(25)14-19/h7-12,14,16H,5-6,13,15H2,1-4H3,(H,26,30). The highest BCUT2D eigenvalue weighted by Crippen LogP contribution is 2.30. The summed E-state index contributed by atoms with van der Waals surface area (Å²) in [7, 11) is -0.650. The van der Waals surface area contributed by atoms with Gasteiger partial charge in [-0.1, -0.05) is 35.3 Å². The lowest BCUT2D eigenvalue weighted by atomic mass is 10.1. The number of ether oxygens (including phenoxy) is 1. The van der Waals surface area contributed by atoms with Gasteiger partial charge >= 0.3 is 0 Å². The highest BCUT2D eigenvalue weighted by molar-refractivity contribution is 7.92. The quantitative estimate of drug-likeness (QED) is 0.478. The molecule has 0 saturated heterocycles. The third-order valence-corrected chi connectivity index (χ3v) is 7.00. The van der Waals surface area contributed by atoms with Crippen LogP contribution in [-0.2, 0) is 26.2 Å². The van der Waals surface area contributed by atoms with Gasteiger partial charge in [-0.2, -0.15) is 0 Å². The predicted octanol–water partition coefficient (Wildman–Crippen LogP) is 3.71. The molecule has 0 spiro atoms. The van der Waals surface area contributed by atoms with Crippen molar-refractivity contribution in [2.75, 3.05) is 31.3 Å². The molecular formula is C23H29Cl2N3O5S. The smallest absolute Gasteiger partial charge is 0.242 e. The molecule has 0 aliphatic rings. The zero-order chi connectivity index (χ0) is 25.5. The Labute approximate surface area is 210 Å². The average molecular weight is 530 g/mol. The molecule has 0 aliphatic heterocycles. The van der Waals surface area contributed by atoms with Crippen LogP contribution in [0.15, 0.2) is 42.5 Å². The summed E-state index contributed by atoms with van der Waals surface area (Å²) in [6, 6.07) is 11.0. The van der Waals surface area contributed by atoms with Crippen LogP contribution in [0.4, 0.5) is 5.69 Å². The molecule has 2 aromatic carbocycles. The SMILES string of the molecule is CNC(=O)C(C)N(Cc1ccc(Cl)cc1)C(=O)CCCN(c1ccc(OC)c(Cl)c1)S(C)(=O)=O. The molecule has 11 heteroatoms. The topological polar surface area (TPSA) is 96.0 Å². The fourth-order valence-electron chi connectivity index (χ4n) is 3.39. The Morgan fingerprint density at radius 2 is 1.76 bits per heavy atom. The number of methoxy groups -OCH3 is 1. The number of hydrogen-bond donors (Lipinski definition) is 1. The van der Waals surface area contributed by atoms with Gasteiger partial charge in [0.05, 0.1) is 24.1 Å². The van der Waals surface area contributed by atoms with Gasteiger partial charge in [-0.3, -0.25) is 13.9 Å². The number of rotatable bonds is 11. The lowest BCUT2D eigenvalue weighted by molar-refractivity contribution is -0.140. The summed E-state index contributed by atoms with van der Waals surface area (Å²) in [5, 5.41) is 3.41. The predicted molar refractivity (Wildman–Crippen MR) is 135 cm³/mol. The van der Waals surface area contributed by atoms with Crippen LogP contribution in [0, 0.1) is 0 Å². The summed E-state index contributed by atoms with van der Waals surface area (Å²) in [6.07, 6.45) is 1.38. The van der Waals surface area contributed by atoms with Crippen LogP contribution < -0.4 is 14.4 Å². The second-order valence-electron chi connectivity index (χ2n) is 7.70. The van der Waals surface area contributed by atoms with Crippen molar-refractivity contribution in [3.05, 3.63) is 58.1 Å². The van der Waals surface area contributed by atoms with Gasteiger partial charge in [-0.15, -0.1) is 0 Å². The van der Waals surface area contributed by atoms with E-state index in [4.69, 9.17) is 27.9 Å². The van der Waals surface area contributed by atoms with E-state index in [0.717, 1.165) is 11.8 Å². The summed E-state index contributed by atoms with van der Waals surface area (Å²) in [5.74, 6) is -0.143. The van der Waals surface area contributed by atoms with E-state index in [1.54, 1.807) is 43.3 Å². The van der Waals surface area contributed by atoms with E-state index in [2.05, 4.69) is 5.32 Å². The van der Waals surface area contributed by atoms with Gasteiger partial charge in [-0.25, -0.2) is 8.42 Å². The number of benzene rings is 2. The maximum absolute atomic E-state index is 13.1. The van der Waals surface area contributed by atoms with Crippen LogP contribution in [0.3, 0.4) is 0 Å². The molecule has 2 amide bonds. The number of halogens is 2. The maximum Gasteiger partial charge on any atom is 0.242 e. The number of sulfonamides is 1. The van der Waals surface area contributed by atoms with Crippen molar-refractivity contribution in [3.8, 4) is 5.75 Å². The molecule has 0 aromatic heterocycles. The monoisotopic (exact) mass is 529 g/mol. The van der Waals surface area contributed by atoms with Crippen LogP contribution in [0.25, 0.3) is 0 Å². The first-order chi connectivity index (χ1) is 16.0. The van der Waals surface area contributed by atoms with Crippen molar-refractivity contribution in [2.45, 2.75) is 32.4 Å². The summed E-state index contributed by atoms with van der Waals surface area (Å²) in [4.78, 5) is 26.8. The van der Waals surface area contributed by atoms with Gasteiger partial charge in [0.2, 0.25) is 21.8 Å². The normalized spacial score (nSPS) is 12.1. The minimum Gasteiger partial charge on any atom is -0.495 e. The van der Waals surface area contributed by atoms with E-state index < -0.39 is 16.1 Å². The first-order valence-electron chi connectivity index (χ1n) is 10.5. The van der Waals surface area contributed by atoms with Crippen LogP contribution >= 0.6 is 23.2 Å². The van der Waals surface area contributed by atoms with Gasteiger partial charge in [0, 0.05) is 31.6 Å². The summed E-state index contributed by atoms with van der Waals surface area (Å²) >= 11 is 12.1. The molecule has 2 rings (SSSR count). The molecule has 1 atom stereocenters. The largest absolute Gasteiger partial charge is 0.495 e. The molecule has 34 heavy (non-hydrogen) atoms. The van der Waals surface area contributed by atoms with E-state index in [9.17, 15) is 18.0 Å². The number of nitrogens with zero attached hydrogens (tertiary/aromatic N) is 2. The Balaban J connectivity index is 2.16. The lowest BCUT2D eigenvalue weighted by Crippen LogP contribution is -2.46. The fraction of sp³-hybridized carbons (Fsp3) is 0.391. The van der Waals surface area contributed by atoms with E-state index in [1.807, 2.05) is 0 Å². The number of hydrogen-bond acceptors (Lipinski definition) is 5. The molecule has 8 nitrogen and oxygen atoms in total. The minimum absolute atomic E-state index is 0.0465.